The van der Waals surface area contributed by atoms with Crippen LogP contribution in [0.5, 0.6) is 0 Å². The van der Waals surface area contributed by atoms with Crippen LogP contribution >= 0.6 is 0 Å². The van der Waals surface area contributed by atoms with E-state index in [9.17, 15) is 9.90 Å². The predicted octanol–water partition coefficient (Wildman–Crippen LogP) is 3.54. The molecule has 0 unspecified atom stereocenters. The Bertz CT molecular complexity index is 818. The number of hydrogen-bond acceptors (Lipinski definition) is 2. The van der Waals surface area contributed by atoms with Gasteiger partial charge in [0, 0.05) is 0 Å². The van der Waals surface area contributed by atoms with Crippen LogP contribution in [0.15, 0.2) is 36.4 Å². The van der Waals surface area contributed by atoms with E-state index in [0.717, 1.165) is 33.5 Å². The van der Waals surface area contributed by atoms with Crippen molar-refractivity contribution >= 4 is 17.0 Å². The summed E-state index contributed by atoms with van der Waals surface area (Å²) in [7, 11) is 0. The van der Waals surface area contributed by atoms with Crippen molar-refractivity contribution in [3.05, 3.63) is 53.3 Å². The van der Waals surface area contributed by atoms with E-state index in [1.807, 2.05) is 38.1 Å². The largest absolute Gasteiger partial charge is 0.478 e. The molecule has 1 aromatic heterocycles. The molecule has 0 aliphatic carbocycles. The van der Waals surface area contributed by atoms with E-state index >= 15 is 0 Å². The van der Waals surface area contributed by atoms with Crippen molar-refractivity contribution in [3.8, 4) is 11.1 Å². The molecule has 2 aromatic carbocycles. The minimum atomic E-state index is -0.912. The molecule has 4 heteroatoms. The van der Waals surface area contributed by atoms with Crippen molar-refractivity contribution in [1.29, 1.82) is 0 Å². The number of imidazole rings is 1. The van der Waals surface area contributed by atoms with Gasteiger partial charge in [-0.2, -0.15) is 0 Å². The molecule has 0 saturated carbocycles. The number of carboxylic acids is 1. The number of aromatic amines is 1. The van der Waals surface area contributed by atoms with E-state index < -0.39 is 5.97 Å². The summed E-state index contributed by atoms with van der Waals surface area (Å²) in [6.07, 6.45) is 0. The van der Waals surface area contributed by atoms with Gasteiger partial charge in [-0.25, -0.2) is 9.78 Å². The third kappa shape index (κ3) is 1.95. The number of rotatable bonds is 2. The Morgan fingerprint density at radius 3 is 2.75 bits per heavy atom. The summed E-state index contributed by atoms with van der Waals surface area (Å²) in [6, 6.07) is 11.1. The van der Waals surface area contributed by atoms with Crippen molar-refractivity contribution in [2.24, 2.45) is 0 Å². The highest BCUT2D eigenvalue weighted by atomic mass is 16.4. The Morgan fingerprint density at radius 1 is 1.20 bits per heavy atom. The molecule has 0 atom stereocenters. The van der Waals surface area contributed by atoms with Gasteiger partial charge in [-0.05, 0) is 48.7 Å². The number of nitrogens with zero attached hydrogens (tertiary/aromatic N) is 1. The molecule has 0 saturated heterocycles. The smallest absolute Gasteiger partial charge is 0.336 e. The van der Waals surface area contributed by atoms with Gasteiger partial charge in [0.15, 0.2) is 0 Å². The number of nitrogens with one attached hydrogen (secondary N) is 1. The van der Waals surface area contributed by atoms with E-state index in [2.05, 4.69) is 9.97 Å². The number of benzene rings is 2. The molecule has 0 aliphatic rings. The first kappa shape index (κ1) is 12.4. The molecular weight excluding hydrogens is 252 g/mol. The molecule has 100 valence electrons. The van der Waals surface area contributed by atoms with Gasteiger partial charge >= 0.3 is 5.97 Å². The number of aromatic carboxylic acids is 1. The Labute approximate surface area is 116 Å². The fourth-order valence-electron chi connectivity index (χ4n) is 2.52. The lowest BCUT2D eigenvalue weighted by Crippen LogP contribution is -2.01. The Hall–Kier alpha value is -2.62. The van der Waals surface area contributed by atoms with Crippen molar-refractivity contribution < 1.29 is 9.90 Å². The van der Waals surface area contributed by atoms with Gasteiger partial charge < -0.3 is 10.1 Å². The zero-order chi connectivity index (χ0) is 14.3. The van der Waals surface area contributed by atoms with Crippen LogP contribution in [0.1, 0.15) is 21.7 Å². The second-order valence-electron chi connectivity index (χ2n) is 4.86. The fraction of sp³-hybridized carbons (Fsp3) is 0.125. The van der Waals surface area contributed by atoms with E-state index in [1.54, 1.807) is 12.1 Å². The van der Waals surface area contributed by atoms with Gasteiger partial charge in [0.2, 0.25) is 0 Å². The van der Waals surface area contributed by atoms with Gasteiger partial charge in [0.25, 0.3) is 0 Å². The molecule has 0 radical (unpaired) electrons. The van der Waals surface area contributed by atoms with E-state index in [4.69, 9.17) is 0 Å². The number of aromatic nitrogens is 2. The third-order valence-corrected chi connectivity index (χ3v) is 3.39. The Kier molecular flexibility index (Phi) is 2.79. The highest BCUT2D eigenvalue weighted by Crippen LogP contribution is 2.29. The average Bonchev–Trinajstić information content (AvgIpc) is 2.77. The Balaban J connectivity index is 2.27. The third-order valence-electron chi connectivity index (χ3n) is 3.39. The summed E-state index contributed by atoms with van der Waals surface area (Å²) in [5.41, 5.74) is 4.71. The lowest BCUT2D eigenvalue weighted by atomic mass is 9.95. The van der Waals surface area contributed by atoms with Crippen LogP contribution in [-0.4, -0.2) is 21.0 Å². The number of hydrogen-bond donors (Lipinski definition) is 2. The minimum Gasteiger partial charge on any atom is -0.478 e. The van der Waals surface area contributed by atoms with Crippen molar-refractivity contribution in [2.45, 2.75) is 13.8 Å². The summed E-state index contributed by atoms with van der Waals surface area (Å²) in [5, 5.41) is 9.35. The fourth-order valence-corrected chi connectivity index (χ4v) is 2.52. The molecule has 0 fully saturated rings. The van der Waals surface area contributed by atoms with Crippen LogP contribution in [0.4, 0.5) is 0 Å². The van der Waals surface area contributed by atoms with Crippen LogP contribution < -0.4 is 0 Å². The molecule has 20 heavy (non-hydrogen) atoms. The lowest BCUT2D eigenvalue weighted by molar-refractivity contribution is 0.0697. The number of carbonyl (C=O) groups is 1. The highest BCUT2D eigenvalue weighted by molar-refractivity contribution is 5.98. The van der Waals surface area contributed by atoms with Crippen LogP contribution in [0.3, 0.4) is 0 Å². The van der Waals surface area contributed by atoms with Crippen LogP contribution in [0, 0.1) is 13.8 Å². The number of fused-ring (bicyclic) bond motifs is 1. The van der Waals surface area contributed by atoms with Gasteiger partial charge in [-0.15, -0.1) is 0 Å². The van der Waals surface area contributed by atoms with Crippen molar-refractivity contribution in [3.63, 3.8) is 0 Å². The van der Waals surface area contributed by atoms with Gasteiger partial charge in [0.05, 0.1) is 16.6 Å². The van der Waals surface area contributed by atoms with Crippen molar-refractivity contribution in [1.82, 2.24) is 9.97 Å². The van der Waals surface area contributed by atoms with E-state index in [0.29, 0.717) is 5.56 Å². The van der Waals surface area contributed by atoms with Crippen molar-refractivity contribution in [2.75, 3.05) is 0 Å². The first-order valence-corrected chi connectivity index (χ1v) is 6.36. The summed E-state index contributed by atoms with van der Waals surface area (Å²) in [5.74, 6) is -0.0648. The predicted molar refractivity (Wildman–Crippen MR) is 78.0 cm³/mol. The van der Waals surface area contributed by atoms with Crippen LogP contribution in [-0.2, 0) is 0 Å². The van der Waals surface area contributed by atoms with Crippen LogP contribution in [0.25, 0.3) is 22.2 Å². The SMILES string of the molecule is Cc1nc2ccc(-c3c(C)cccc3C(=O)O)cc2[nH]1. The average molecular weight is 266 g/mol. The summed E-state index contributed by atoms with van der Waals surface area (Å²) in [6.45, 7) is 3.82. The first-order valence-electron chi connectivity index (χ1n) is 6.36. The topological polar surface area (TPSA) is 66.0 Å². The van der Waals surface area contributed by atoms with Gasteiger partial charge in [0.1, 0.15) is 5.82 Å². The highest BCUT2D eigenvalue weighted by Gasteiger charge is 2.14. The zero-order valence-corrected chi connectivity index (χ0v) is 11.3. The maximum absolute atomic E-state index is 11.4. The van der Waals surface area contributed by atoms with Crippen LogP contribution in [0.2, 0.25) is 0 Å². The lowest BCUT2D eigenvalue weighted by Gasteiger charge is -2.10. The molecule has 0 spiro atoms. The summed E-state index contributed by atoms with van der Waals surface area (Å²) >= 11 is 0. The number of aryl methyl sites for hydroxylation is 2. The van der Waals surface area contributed by atoms with E-state index in [1.165, 1.54) is 0 Å². The second-order valence-corrected chi connectivity index (χ2v) is 4.86. The standard InChI is InChI=1S/C16H14N2O2/c1-9-4-3-5-12(16(19)20)15(9)11-6-7-13-14(8-11)18-10(2)17-13/h3-8H,1-2H3,(H,17,18)(H,19,20). The maximum atomic E-state index is 11.4. The molecule has 0 bridgehead atoms. The zero-order valence-electron chi connectivity index (χ0n) is 11.3. The molecule has 1 heterocycles. The molecule has 0 amide bonds. The second kappa shape index (κ2) is 4.49. The van der Waals surface area contributed by atoms with Gasteiger partial charge in [-0.1, -0.05) is 18.2 Å². The molecule has 0 aliphatic heterocycles. The minimum absolute atomic E-state index is 0.320. The summed E-state index contributed by atoms with van der Waals surface area (Å²) < 4.78 is 0. The monoisotopic (exact) mass is 266 g/mol. The molecule has 2 N–H and O–H groups in total. The summed E-state index contributed by atoms with van der Waals surface area (Å²) in [4.78, 5) is 18.9. The molecule has 3 aromatic rings. The molecular formula is C16H14N2O2. The molecule has 3 rings (SSSR count). The van der Waals surface area contributed by atoms with Gasteiger partial charge in [-0.3, -0.25) is 0 Å². The normalized spacial score (nSPS) is 10.9. The Morgan fingerprint density at radius 2 is 2.00 bits per heavy atom. The number of carboxylic acid groups (broad SMARTS) is 1. The quantitative estimate of drug-likeness (QED) is 0.745. The number of H-pyrrole nitrogens is 1. The van der Waals surface area contributed by atoms with E-state index in [-0.39, 0.29) is 0 Å². The maximum Gasteiger partial charge on any atom is 0.336 e. The molecule has 4 nitrogen and oxygen atoms in total. The first-order chi connectivity index (χ1) is 9.56.